The van der Waals surface area contributed by atoms with Crippen LogP contribution < -0.4 is 5.30 Å². The molecule has 1 atom stereocenters. The summed E-state index contributed by atoms with van der Waals surface area (Å²) in [4.78, 5) is 4.94. The minimum absolute atomic E-state index is 0.250. The Hall–Kier alpha value is -3.48. The normalized spacial score (nSPS) is 12.1. The highest BCUT2D eigenvalue weighted by molar-refractivity contribution is 7.65. The van der Waals surface area contributed by atoms with Crippen LogP contribution >= 0.6 is 7.92 Å². The Balaban J connectivity index is 1.85. The summed E-state index contributed by atoms with van der Waals surface area (Å²) in [5.74, 6) is 1.42. The highest BCUT2D eigenvalue weighted by atomic mass is 31.1. The topological polar surface area (TPSA) is 17.8 Å². The molecule has 0 amide bonds. The largest absolute Gasteiger partial charge is 0.299 e. The van der Waals surface area contributed by atoms with E-state index in [-0.39, 0.29) is 7.92 Å². The zero-order valence-corrected chi connectivity index (χ0v) is 22.4. The maximum absolute atomic E-state index is 4.94. The summed E-state index contributed by atoms with van der Waals surface area (Å²) in [5.41, 5.74) is 8.62. The van der Waals surface area contributed by atoms with Crippen molar-refractivity contribution in [3.63, 3.8) is 0 Å². The first-order chi connectivity index (χ1) is 17.6. The lowest BCUT2D eigenvalue weighted by molar-refractivity contribution is 0.866. The molecule has 5 aromatic rings. The van der Waals surface area contributed by atoms with Crippen LogP contribution in [0.3, 0.4) is 0 Å². The summed E-state index contributed by atoms with van der Waals surface area (Å²) < 4.78 is 2.31. The second kappa shape index (κ2) is 10.6. The van der Waals surface area contributed by atoms with E-state index >= 15 is 0 Å². The molecule has 0 aliphatic heterocycles. The van der Waals surface area contributed by atoms with Gasteiger partial charge >= 0.3 is 0 Å². The van der Waals surface area contributed by atoms with Gasteiger partial charge in [-0.3, -0.25) is 4.57 Å². The van der Waals surface area contributed by atoms with Gasteiger partial charge in [0.15, 0.2) is 0 Å². The monoisotopic (exact) mass is 488 g/mol. The van der Waals surface area contributed by atoms with Crippen molar-refractivity contribution < 1.29 is 0 Å². The van der Waals surface area contributed by atoms with Crippen molar-refractivity contribution in [1.82, 2.24) is 9.55 Å². The summed E-state index contributed by atoms with van der Waals surface area (Å²) in [7, 11) is -0.250. The molecule has 0 spiro atoms. The molecule has 4 aromatic carbocycles. The molecule has 0 bridgehead atoms. The van der Waals surface area contributed by atoms with Crippen LogP contribution in [-0.4, -0.2) is 22.4 Å². The van der Waals surface area contributed by atoms with Gasteiger partial charge in [-0.15, -0.1) is 0 Å². The fraction of sp³-hybridized carbons (Fsp3) is 0.182. The molecule has 2 nitrogen and oxygen atoms in total. The fourth-order valence-corrected chi connectivity index (χ4v) is 6.04. The second-order valence-electron chi connectivity index (χ2n) is 9.50. The Kier molecular flexibility index (Phi) is 7.16. The van der Waals surface area contributed by atoms with Gasteiger partial charge < -0.3 is 0 Å². The predicted octanol–water partition coefficient (Wildman–Crippen LogP) is 8.75. The van der Waals surface area contributed by atoms with E-state index < -0.39 is 0 Å². The molecule has 0 aliphatic rings. The van der Waals surface area contributed by atoms with Crippen molar-refractivity contribution in [2.45, 2.75) is 26.7 Å². The number of nitrogens with zero attached hydrogens (tertiary/aromatic N) is 2. The maximum Gasteiger partial charge on any atom is 0.145 e. The summed E-state index contributed by atoms with van der Waals surface area (Å²) in [6, 6.07) is 35.1. The van der Waals surface area contributed by atoms with Gasteiger partial charge in [0.25, 0.3) is 0 Å². The SMILES string of the molecule is CCP(C)c1ccccc1-c1nccn1-c1c(-c2ccccc2)cc(C(C)C)cc1-c1ccccc1. The average Bonchev–Trinajstić information content (AvgIpc) is 3.42. The number of benzene rings is 4. The standard InChI is InChI=1S/C33H33N2P/c1-5-36(4)31-19-13-12-18-28(31)33-34-20-21-35(33)32-29(25-14-8-6-9-15-25)22-27(24(2)3)23-30(32)26-16-10-7-11-17-26/h6-24H,5H2,1-4H3. The average molecular weight is 489 g/mol. The number of rotatable bonds is 7. The van der Waals surface area contributed by atoms with Crippen molar-refractivity contribution in [1.29, 1.82) is 0 Å². The first kappa shape index (κ1) is 24.2. The molecular formula is C33H33N2P. The highest BCUT2D eigenvalue weighted by Gasteiger charge is 2.21. The molecular weight excluding hydrogens is 455 g/mol. The predicted molar refractivity (Wildman–Crippen MR) is 157 cm³/mol. The van der Waals surface area contributed by atoms with Gasteiger partial charge in [-0.05, 0) is 52.9 Å². The van der Waals surface area contributed by atoms with Crippen LogP contribution in [0.4, 0.5) is 0 Å². The van der Waals surface area contributed by atoms with Crippen molar-refractivity contribution in [2.24, 2.45) is 0 Å². The van der Waals surface area contributed by atoms with Crippen molar-refractivity contribution in [3.05, 3.63) is 115 Å². The van der Waals surface area contributed by atoms with Crippen LogP contribution in [0.1, 0.15) is 32.3 Å². The van der Waals surface area contributed by atoms with E-state index in [1.807, 2.05) is 6.20 Å². The maximum atomic E-state index is 4.94. The molecule has 1 aromatic heterocycles. The van der Waals surface area contributed by atoms with Gasteiger partial charge in [-0.2, -0.15) is 0 Å². The summed E-state index contributed by atoms with van der Waals surface area (Å²) in [6.45, 7) is 9.18. The molecule has 0 saturated heterocycles. The Morgan fingerprint density at radius 1 is 0.750 bits per heavy atom. The third kappa shape index (κ3) is 4.66. The van der Waals surface area contributed by atoms with E-state index in [9.17, 15) is 0 Å². The number of aromatic nitrogens is 2. The Labute approximate surface area is 216 Å². The van der Waals surface area contributed by atoms with Gasteiger partial charge in [0.2, 0.25) is 0 Å². The van der Waals surface area contributed by atoms with Crippen molar-refractivity contribution in [2.75, 3.05) is 12.8 Å². The van der Waals surface area contributed by atoms with E-state index in [0.29, 0.717) is 5.92 Å². The van der Waals surface area contributed by atoms with Gasteiger partial charge in [0.05, 0.1) is 5.69 Å². The zero-order valence-electron chi connectivity index (χ0n) is 21.5. The highest BCUT2D eigenvalue weighted by Crippen LogP contribution is 2.41. The Morgan fingerprint density at radius 3 is 1.86 bits per heavy atom. The summed E-state index contributed by atoms with van der Waals surface area (Å²) in [6.07, 6.45) is 5.22. The van der Waals surface area contributed by atoms with Gasteiger partial charge in [0.1, 0.15) is 5.82 Å². The smallest absolute Gasteiger partial charge is 0.145 e. The van der Waals surface area contributed by atoms with E-state index in [2.05, 4.69) is 135 Å². The lowest BCUT2D eigenvalue weighted by Gasteiger charge is -2.22. The molecule has 0 saturated carbocycles. The zero-order chi connectivity index (χ0) is 25.1. The van der Waals surface area contributed by atoms with Crippen LogP contribution in [-0.2, 0) is 0 Å². The minimum atomic E-state index is -0.250. The lowest BCUT2D eigenvalue weighted by Crippen LogP contribution is -2.10. The summed E-state index contributed by atoms with van der Waals surface area (Å²) >= 11 is 0. The molecule has 0 radical (unpaired) electrons. The van der Waals surface area contributed by atoms with Crippen LogP contribution in [0.5, 0.6) is 0 Å². The van der Waals surface area contributed by atoms with Crippen LogP contribution in [0.25, 0.3) is 39.3 Å². The molecule has 36 heavy (non-hydrogen) atoms. The molecule has 1 unspecified atom stereocenters. The Bertz CT molecular complexity index is 1390. The van der Waals surface area contributed by atoms with E-state index in [0.717, 1.165) is 12.0 Å². The van der Waals surface area contributed by atoms with Crippen LogP contribution in [0.2, 0.25) is 0 Å². The van der Waals surface area contributed by atoms with Gasteiger partial charge in [-0.25, -0.2) is 4.98 Å². The second-order valence-corrected chi connectivity index (χ2v) is 12.0. The number of imidazole rings is 1. The quantitative estimate of drug-likeness (QED) is 0.209. The third-order valence-electron chi connectivity index (χ3n) is 6.88. The molecule has 180 valence electrons. The molecule has 5 rings (SSSR count). The van der Waals surface area contributed by atoms with Crippen molar-refractivity contribution in [3.8, 4) is 39.3 Å². The van der Waals surface area contributed by atoms with Crippen LogP contribution in [0, 0.1) is 0 Å². The van der Waals surface area contributed by atoms with Gasteiger partial charge in [-0.1, -0.05) is 114 Å². The van der Waals surface area contributed by atoms with E-state index in [1.165, 1.54) is 44.4 Å². The molecule has 3 heteroatoms. The third-order valence-corrected chi connectivity index (χ3v) is 9.04. The minimum Gasteiger partial charge on any atom is -0.299 e. The van der Waals surface area contributed by atoms with Crippen molar-refractivity contribution >= 4 is 13.2 Å². The molecule has 1 heterocycles. The number of hydrogen-bond acceptors (Lipinski definition) is 1. The first-order valence-electron chi connectivity index (χ1n) is 12.7. The number of hydrogen-bond donors (Lipinski definition) is 0. The van der Waals surface area contributed by atoms with Crippen LogP contribution in [0.15, 0.2) is 109 Å². The van der Waals surface area contributed by atoms with Gasteiger partial charge in [0, 0.05) is 29.1 Å². The molecule has 0 N–H and O–H groups in total. The van der Waals surface area contributed by atoms with E-state index in [1.54, 1.807) is 0 Å². The lowest BCUT2D eigenvalue weighted by atomic mass is 9.89. The van der Waals surface area contributed by atoms with E-state index in [4.69, 9.17) is 4.98 Å². The first-order valence-corrected chi connectivity index (χ1v) is 14.7. The Morgan fingerprint density at radius 2 is 1.31 bits per heavy atom. The molecule has 0 fully saturated rings. The fourth-order valence-electron chi connectivity index (χ4n) is 4.77. The molecule has 0 aliphatic carbocycles. The summed E-state index contributed by atoms with van der Waals surface area (Å²) in [5, 5.41) is 1.41.